The van der Waals surface area contributed by atoms with Crippen LogP contribution in [0, 0.1) is 5.92 Å². The fourth-order valence-corrected chi connectivity index (χ4v) is 0.991. The number of H-pyrrole nitrogens is 2. The van der Waals surface area contributed by atoms with Gasteiger partial charge in [-0.1, -0.05) is 13.8 Å². The molecule has 1 aromatic heterocycles. The van der Waals surface area contributed by atoms with Gasteiger partial charge in [0.25, 0.3) is 5.56 Å². The molecule has 7 heteroatoms. The molecule has 1 aromatic rings. The molecule has 1 heterocycles. The number of nitrogens with two attached hydrogens (primary N) is 1. The first-order valence-corrected chi connectivity index (χ1v) is 5.09. The van der Waals surface area contributed by atoms with Crippen LogP contribution in [0.5, 0.6) is 0 Å². The summed E-state index contributed by atoms with van der Waals surface area (Å²) >= 11 is 0. The number of nitrogens with one attached hydrogen (secondary N) is 2. The van der Waals surface area contributed by atoms with Crippen molar-refractivity contribution in [2.45, 2.75) is 26.3 Å². The molecule has 0 radical (unpaired) electrons. The smallest absolute Gasteiger partial charge is 0.325 e. The highest BCUT2D eigenvalue weighted by molar-refractivity contribution is 5.72. The zero-order valence-electron chi connectivity index (χ0n) is 9.77. The Morgan fingerprint density at radius 2 is 2.06 bits per heavy atom. The number of aliphatic carboxylic acids is 1. The summed E-state index contributed by atoms with van der Waals surface area (Å²) in [5, 5.41) is 8.31. The minimum absolute atomic E-state index is 0.357. The van der Waals surface area contributed by atoms with Gasteiger partial charge in [-0.15, -0.1) is 0 Å². The molecule has 96 valence electrons. The summed E-state index contributed by atoms with van der Waals surface area (Å²) in [4.78, 5) is 34.8. The Hall–Kier alpha value is -1.89. The molecular formula is C10H17N3O4. The summed E-state index contributed by atoms with van der Waals surface area (Å²) in [6.45, 7) is 3.89. The lowest BCUT2D eigenvalue weighted by molar-refractivity contribution is -0.138. The first-order valence-electron chi connectivity index (χ1n) is 5.09. The van der Waals surface area contributed by atoms with Crippen molar-refractivity contribution in [3.63, 3.8) is 0 Å². The standard InChI is InChI=1S/C6H13NO2.C4H4N2O2/c1-4(2)3-5(7)6(8)9;7-3-1-2-5-4(8)6-3/h4-5H,3,7H2,1-2H3,(H,8,9);1-2H,(H2,5,6,7,8)/t5-;/m0./s1. The average molecular weight is 243 g/mol. The molecule has 0 amide bonds. The van der Waals surface area contributed by atoms with Gasteiger partial charge < -0.3 is 15.8 Å². The third-order valence-electron chi connectivity index (χ3n) is 1.73. The number of hydrogen-bond donors (Lipinski definition) is 4. The summed E-state index contributed by atoms with van der Waals surface area (Å²) in [5.41, 5.74) is 4.36. The molecule has 0 fully saturated rings. The zero-order valence-corrected chi connectivity index (χ0v) is 9.77. The van der Waals surface area contributed by atoms with Gasteiger partial charge in [-0.3, -0.25) is 14.6 Å². The van der Waals surface area contributed by atoms with Crippen molar-refractivity contribution >= 4 is 5.97 Å². The second-order valence-corrected chi connectivity index (χ2v) is 3.87. The van der Waals surface area contributed by atoms with E-state index in [9.17, 15) is 14.4 Å². The Labute approximate surface area is 97.7 Å². The number of hydrogen-bond acceptors (Lipinski definition) is 4. The number of carboxylic acids is 1. The van der Waals surface area contributed by atoms with E-state index in [1.165, 1.54) is 12.3 Å². The maximum absolute atomic E-state index is 10.2. The van der Waals surface area contributed by atoms with Crippen molar-refractivity contribution < 1.29 is 9.90 Å². The van der Waals surface area contributed by atoms with Gasteiger partial charge >= 0.3 is 11.7 Å². The second-order valence-electron chi connectivity index (χ2n) is 3.87. The number of carboxylic acid groups (broad SMARTS) is 1. The van der Waals surface area contributed by atoms with Gasteiger partial charge in [-0.2, -0.15) is 0 Å². The van der Waals surface area contributed by atoms with E-state index < -0.39 is 17.7 Å². The molecule has 0 saturated heterocycles. The van der Waals surface area contributed by atoms with Crippen LogP contribution in [0.2, 0.25) is 0 Å². The van der Waals surface area contributed by atoms with Gasteiger partial charge in [-0.25, -0.2) is 4.79 Å². The molecule has 1 atom stereocenters. The van der Waals surface area contributed by atoms with Gasteiger partial charge in [0, 0.05) is 12.3 Å². The summed E-state index contributed by atoms with van der Waals surface area (Å²) in [6.07, 6.45) is 1.84. The number of carbonyl (C=O) groups is 1. The SMILES string of the molecule is CC(C)C[C@H](N)C(=O)O.O=c1cc[nH]c(=O)[nH]1. The van der Waals surface area contributed by atoms with Crippen LogP contribution in [-0.2, 0) is 4.79 Å². The van der Waals surface area contributed by atoms with Gasteiger partial charge in [0.15, 0.2) is 0 Å². The van der Waals surface area contributed by atoms with Gasteiger partial charge in [-0.05, 0) is 12.3 Å². The molecular weight excluding hydrogens is 226 g/mol. The highest BCUT2D eigenvalue weighted by Gasteiger charge is 2.11. The summed E-state index contributed by atoms with van der Waals surface area (Å²) in [6, 6.07) is 0.548. The fourth-order valence-electron chi connectivity index (χ4n) is 0.991. The highest BCUT2D eigenvalue weighted by Crippen LogP contribution is 2.01. The first-order chi connectivity index (χ1) is 7.82. The van der Waals surface area contributed by atoms with Crippen LogP contribution in [0.15, 0.2) is 21.9 Å². The number of aromatic nitrogens is 2. The van der Waals surface area contributed by atoms with Crippen LogP contribution in [0.1, 0.15) is 20.3 Å². The minimum Gasteiger partial charge on any atom is -0.480 e. The number of rotatable bonds is 3. The number of aromatic amines is 2. The van der Waals surface area contributed by atoms with Crippen molar-refractivity contribution in [3.05, 3.63) is 33.1 Å². The monoisotopic (exact) mass is 243 g/mol. The maximum Gasteiger partial charge on any atom is 0.325 e. The normalized spacial score (nSPS) is 11.5. The Morgan fingerprint density at radius 3 is 2.29 bits per heavy atom. The Morgan fingerprint density at radius 1 is 1.47 bits per heavy atom. The molecule has 0 aliphatic rings. The predicted octanol–water partition coefficient (Wildman–Crippen LogP) is -0.492. The lowest BCUT2D eigenvalue weighted by Gasteiger charge is -2.07. The Balaban J connectivity index is 0.000000302. The zero-order chi connectivity index (χ0) is 13.4. The van der Waals surface area contributed by atoms with Crippen LogP contribution in [0.3, 0.4) is 0 Å². The topological polar surface area (TPSA) is 129 Å². The largest absolute Gasteiger partial charge is 0.480 e. The molecule has 0 aliphatic carbocycles. The van der Waals surface area contributed by atoms with Crippen molar-refractivity contribution in [1.82, 2.24) is 9.97 Å². The molecule has 17 heavy (non-hydrogen) atoms. The fraction of sp³-hybridized carbons (Fsp3) is 0.500. The van der Waals surface area contributed by atoms with Crippen molar-refractivity contribution in [1.29, 1.82) is 0 Å². The van der Waals surface area contributed by atoms with E-state index in [1.807, 2.05) is 18.8 Å². The van der Waals surface area contributed by atoms with E-state index >= 15 is 0 Å². The molecule has 0 aromatic carbocycles. The third-order valence-corrected chi connectivity index (χ3v) is 1.73. The molecule has 0 unspecified atom stereocenters. The molecule has 0 saturated carbocycles. The van der Waals surface area contributed by atoms with Crippen LogP contribution in [0.25, 0.3) is 0 Å². The summed E-state index contributed by atoms with van der Waals surface area (Å²) < 4.78 is 0. The van der Waals surface area contributed by atoms with E-state index in [0.717, 1.165) is 0 Å². The van der Waals surface area contributed by atoms with Gasteiger partial charge in [0.1, 0.15) is 6.04 Å². The lowest BCUT2D eigenvalue weighted by atomic mass is 10.1. The molecule has 5 N–H and O–H groups in total. The average Bonchev–Trinajstić information content (AvgIpc) is 2.16. The van der Waals surface area contributed by atoms with Crippen LogP contribution >= 0.6 is 0 Å². The molecule has 1 rings (SSSR count). The Bertz CT molecular complexity index is 424. The quantitative estimate of drug-likeness (QED) is 0.569. The minimum atomic E-state index is -0.913. The van der Waals surface area contributed by atoms with E-state index in [4.69, 9.17) is 10.8 Å². The summed E-state index contributed by atoms with van der Waals surface area (Å²) in [5.74, 6) is -0.556. The van der Waals surface area contributed by atoms with E-state index in [2.05, 4.69) is 4.98 Å². The van der Waals surface area contributed by atoms with Crippen LogP contribution in [0.4, 0.5) is 0 Å². The molecule has 0 spiro atoms. The van der Waals surface area contributed by atoms with Gasteiger partial charge in [0.2, 0.25) is 0 Å². The van der Waals surface area contributed by atoms with Gasteiger partial charge in [0.05, 0.1) is 0 Å². The molecule has 7 nitrogen and oxygen atoms in total. The molecule has 0 aliphatic heterocycles. The third kappa shape index (κ3) is 7.97. The maximum atomic E-state index is 10.2. The van der Waals surface area contributed by atoms with E-state index in [1.54, 1.807) is 0 Å². The van der Waals surface area contributed by atoms with Crippen molar-refractivity contribution in [3.8, 4) is 0 Å². The second kappa shape index (κ2) is 7.39. The molecule has 0 bridgehead atoms. The first kappa shape index (κ1) is 15.1. The van der Waals surface area contributed by atoms with Crippen molar-refractivity contribution in [2.24, 2.45) is 11.7 Å². The van der Waals surface area contributed by atoms with Crippen molar-refractivity contribution in [2.75, 3.05) is 0 Å². The highest BCUT2D eigenvalue weighted by atomic mass is 16.4. The van der Waals surface area contributed by atoms with E-state index in [0.29, 0.717) is 12.3 Å². The summed E-state index contributed by atoms with van der Waals surface area (Å²) in [7, 11) is 0. The lowest BCUT2D eigenvalue weighted by Crippen LogP contribution is -2.31. The van der Waals surface area contributed by atoms with Crippen LogP contribution < -0.4 is 17.0 Å². The Kier molecular flexibility index (Phi) is 6.57. The van der Waals surface area contributed by atoms with Crippen LogP contribution in [-0.4, -0.2) is 27.1 Å². The van der Waals surface area contributed by atoms with E-state index in [-0.39, 0.29) is 5.56 Å². The predicted molar refractivity (Wildman–Crippen MR) is 62.7 cm³/mol.